The first kappa shape index (κ1) is 20.6. The highest BCUT2D eigenvalue weighted by Crippen LogP contribution is 2.34. The number of carbonyl (C=O) groups is 1. The first-order valence-electron chi connectivity index (χ1n) is 8.90. The Bertz CT molecular complexity index is 1210. The second kappa shape index (κ2) is 8.20. The van der Waals surface area contributed by atoms with Gasteiger partial charge in [-0.1, -0.05) is 63.7 Å². The van der Waals surface area contributed by atoms with Crippen LogP contribution < -0.4 is 4.90 Å². The maximum Gasteiger partial charge on any atom is 0.416 e. The second-order valence-corrected chi connectivity index (χ2v) is 8.49. The fraction of sp³-hybridized carbons (Fsp3) is 0.0909. The van der Waals surface area contributed by atoms with Gasteiger partial charge in [-0.2, -0.15) is 13.2 Å². The Morgan fingerprint density at radius 2 is 1.77 bits per heavy atom. The number of alkyl halides is 3. The minimum Gasteiger partial charge on any atom is -0.279 e. The summed E-state index contributed by atoms with van der Waals surface area (Å²) >= 11 is 4.73. The van der Waals surface area contributed by atoms with E-state index < -0.39 is 17.6 Å². The monoisotopic (exact) mass is 490 g/mol. The molecule has 0 fully saturated rings. The van der Waals surface area contributed by atoms with Gasteiger partial charge >= 0.3 is 6.18 Å². The van der Waals surface area contributed by atoms with E-state index in [1.165, 1.54) is 28.4 Å². The largest absolute Gasteiger partial charge is 0.416 e. The highest BCUT2D eigenvalue weighted by Gasteiger charge is 2.32. The van der Waals surface area contributed by atoms with Gasteiger partial charge in [-0.3, -0.25) is 9.69 Å². The van der Waals surface area contributed by atoms with Crippen LogP contribution in [0, 0.1) is 0 Å². The quantitative estimate of drug-likeness (QED) is 0.310. The van der Waals surface area contributed by atoms with E-state index in [0.717, 1.165) is 26.9 Å². The molecular weight excluding hydrogens is 477 g/mol. The molecule has 0 N–H and O–H groups in total. The number of halogens is 4. The number of thiazole rings is 1. The highest BCUT2D eigenvalue weighted by molar-refractivity contribution is 9.10. The zero-order chi connectivity index (χ0) is 21.3. The molecule has 0 spiro atoms. The molecule has 152 valence electrons. The van der Waals surface area contributed by atoms with Gasteiger partial charge in [0.2, 0.25) is 0 Å². The number of amides is 1. The van der Waals surface area contributed by atoms with Gasteiger partial charge in [0.25, 0.3) is 5.91 Å². The fourth-order valence-corrected chi connectivity index (χ4v) is 4.49. The van der Waals surface area contributed by atoms with Crippen LogP contribution in [-0.2, 0) is 12.7 Å². The molecule has 3 nitrogen and oxygen atoms in total. The van der Waals surface area contributed by atoms with Crippen LogP contribution in [0.3, 0.4) is 0 Å². The fourth-order valence-electron chi connectivity index (χ4n) is 2.98. The molecule has 0 atom stereocenters. The zero-order valence-corrected chi connectivity index (χ0v) is 17.8. The van der Waals surface area contributed by atoms with Crippen LogP contribution in [0.5, 0.6) is 0 Å². The van der Waals surface area contributed by atoms with Crippen LogP contribution in [0.25, 0.3) is 10.2 Å². The summed E-state index contributed by atoms with van der Waals surface area (Å²) in [7, 11) is 0. The van der Waals surface area contributed by atoms with Crippen LogP contribution in [0.2, 0.25) is 0 Å². The molecule has 0 saturated carbocycles. The molecule has 4 aromatic rings. The number of anilines is 1. The van der Waals surface area contributed by atoms with E-state index in [-0.39, 0.29) is 12.1 Å². The van der Waals surface area contributed by atoms with Crippen molar-refractivity contribution in [3.05, 3.63) is 94.0 Å². The number of carbonyl (C=O) groups excluding carboxylic acids is 1. The Hall–Kier alpha value is -2.71. The average molecular weight is 491 g/mol. The van der Waals surface area contributed by atoms with Crippen LogP contribution in [0.1, 0.15) is 21.5 Å². The maximum atomic E-state index is 13.3. The van der Waals surface area contributed by atoms with Crippen LogP contribution in [-0.4, -0.2) is 10.9 Å². The lowest BCUT2D eigenvalue weighted by Crippen LogP contribution is -2.30. The van der Waals surface area contributed by atoms with Crippen molar-refractivity contribution in [3.63, 3.8) is 0 Å². The summed E-state index contributed by atoms with van der Waals surface area (Å²) in [6.07, 6.45) is -4.53. The molecule has 0 radical (unpaired) electrons. The lowest BCUT2D eigenvalue weighted by Gasteiger charge is -2.20. The van der Waals surface area contributed by atoms with Crippen LogP contribution in [0.15, 0.2) is 77.3 Å². The Balaban J connectivity index is 1.77. The highest BCUT2D eigenvalue weighted by atomic mass is 79.9. The molecule has 0 unspecified atom stereocenters. The summed E-state index contributed by atoms with van der Waals surface area (Å²) < 4.78 is 41.2. The van der Waals surface area contributed by atoms with Gasteiger partial charge in [-0.25, -0.2) is 4.98 Å². The average Bonchev–Trinajstić information content (AvgIpc) is 3.14. The van der Waals surface area contributed by atoms with Crippen molar-refractivity contribution in [2.24, 2.45) is 0 Å². The van der Waals surface area contributed by atoms with Gasteiger partial charge in [0.1, 0.15) is 0 Å². The van der Waals surface area contributed by atoms with E-state index in [1.54, 1.807) is 0 Å². The third kappa shape index (κ3) is 4.39. The van der Waals surface area contributed by atoms with Crippen molar-refractivity contribution in [1.29, 1.82) is 0 Å². The van der Waals surface area contributed by atoms with Crippen molar-refractivity contribution in [2.75, 3.05) is 4.90 Å². The van der Waals surface area contributed by atoms with Gasteiger partial charge in [0, 0.05) is 10.0 Å². The van der Waals surface area contributed by atoms with Crippen LogP contribution >= 0.6 is 27.3 Å². The normalized spacial score (nSPS) is 11.6. The summed E-state index contributed by atoms with van der Waals surface area (Å²) in [5.41, 5.74) is 0.661. The number of benzene rings is 3. The molecule has 4 rings (SSSR count). The van der Waals surface area contributed by atoms with Crippen molar-refractivity contribution in [3.8, 4) is 0 Å². The number of fused-ring (bicyclic) bond motifs is 1. The predicted octanol–water partition coefficient (Wildman–Crippen LogP) is 6.92. The lowest BCUT2D eigenvalue weighted by molar-refractivity contribution is -0.137. The Morgan fingerprint density at radius 1 is 1.00 bits per heavy atom. The van der Waals surface area contributed by atoms with E-state index in [1.807, 2.05) is 48.5 Å². The number of hydrogen-bond acceptors (Lipinski definition) is 3. The molecule has 0 aliphatic rings. The summed E-state index contributed by atoms with van der Waals surface area (Å²) in [6.45, 7) is 0.191. The van der Waals surface area contributed by atoms with Gasteiger partial charge in [-0.05, 0) is 42.0 Å². The van der Waals surface area contributed by atoms with Gasteiger partial charge in [-0.15, -0.1) is 0 Å². The molecule has 1 amide bonds. The molecule has 3 aromatic carbocycles. The molecule has 0 bridgehead atoms. The van der Waals surface area contributed by atoms with Crippen LogP contribution in [0.4, 0.5) is 18.3 Å². The SMILES string of the molecule is O=C(c1cccc(C(F)(F)F)c1)N(Cc1ccccc1)c1nc2ccc(Br)cc2s1. The third-order valence-electron chi connectivity index (χ3n) is 4.44. The van der Waals surface area contributed by atoms with Gasteiger partial charge < -0.3 is 0 Å². The molecular formula is C22H14BrF3N2OS. The first-order valence-corrected chi connectivity index (χ1v) is 10.5. The third-order valence-corrected chi connectivity index (χ3v) is 5.97. The molecule has 0 aliphatic carbocycles. The summed E-state index contributed by atoms with van der Waals surface area (Å²) in [6, 6.07) is 19.3. The van der Waals surface area contributed by atoms with E-state index in [4.69, 9.17) is 0 Å². The first-order chi connectivity index (χ1) is 14.3. The lowest BCUT2D eigenvalue weighted by atomic mass is 10.1. The van der Waals surface area contributed by atoms with Crippen molar-refractivity contribution in [1.82, 2.24) is 4.98 Å². The number of aromatic nitrogens is 1. The zero-order valence-electron chi connectivity index (χ0n) is 15.4. The summed E-state index contributed by atoms with van der Waals surface area (Å²) in [5, 5.41) is 0.425. The second-order valence-electron chi connectivity index (χ2n) is 6.56. The molecule has 30 heavy (non-hydrogen) atoms. The standard InChI is InChI=1S/C22H14BrF3N2OS/c23-17-9-10-18-19(12-17)30-21(27-18)28(13-14-5-2-1-3-6-14)20(29)15-7-4-8-16(11-15)22(24,25)26/h1-12H,13H2. The van der Waals surface area contributed by atoms with Gasteiger partial charge in [0.05, 0.1) is 22.3 Å². The van der Waals surface area contributed by atoms with Gasteiger partial charge in [0.15, 0.2) is 5.13 Å². The number of nitrogens with zero attached hydrogens (tertiary/aromatic N) is 2. The molecule has 0 saturated heterocycles. The smallest absolute Gasteiger partial charge is 0.279 e. The Kier molecular flexibility index (Phi) is 5.62. The summed E-state index contributed by atoms with van der Waals surface area (Å²) in [5.74, 6) is -0.539. The van der Waals surface area contributed by atoms with Crippen molar-refractivity contribution in [2.45, 2.75) is 12.7 Å². The molecule has 1 aromatic heterocycles. The number of rotatable bonds is 4. The Morgan fingerprint density at radius 3 is 2.50 bits per heavy atom. The van der Waals surface area contributed by atoms with Crippen molar-refractivity contribution >= 4 is 48.5 Å². The van der Waals surface area contributed by atoms with E-state index in [2.05, 4.69) is 20.9 Å². The topological polar surface area (TPSA) is 33.2 Å². The minimum absolute atomic E-state index is 0.0406. The van der Waals surface area contributed by atoms with E-state index in [0.29, 0.717) is 10.6 Å². The predicted molar refractivity (Wildman–Crippen MR) is 116 cm³/mol. The minimum atomic E-state index is -4.53. The van der Waals surface area contributed by atoms with E-state index in [9.17, 15) is 18.0 Å². The van der Waals surface area contributed by atoms with Crippen molar-refractivity contribution < 1.29 is 18.0 Å². The number of hydrogen-bond donors (Lipinski definition) is 0. The maximum absolute atomic E-state index is 13.3. The molecule has 1 heterocycles. The molecule has 0 aliphatic heterocycles. The van der Waals surface area contributed by atoms with E-state index >= 15 is 0 Å². The Labute approximate surface area is 182 Å². The summed E-state index contributed by atoms with van der Waals surface area (Å²) in [4.78, 5) is 19.3. The molecule has 8 heteroatoms.